The molecule has 5 nitrogen and oxygen atoms in total. The van der Waals surface area contributed by atoms with Crippen molar-refractivity contribution in [2.24, 2.45) is 0 Å². The van der Waals surface area contributed by atoms with Crippen LogP contribution in [0.15, 0.2) is 18.2 Å². The van der Waals surface area contributed by atoms with Crippen LogP contribution in [0.2, 0.25) is 0 Å². The van der Waals surface area contributed by atoms with Gasteiger partial charge in [0.1, 0.15) is 5.75 Å². The number of hydrogen-bond acceptors (Lipinski definition) is 3. The molecular weight excluding hydrogens is 226 g/mol. The number of ether oxygens (including phenoxy) is 1. The molecule has 0 aromatic heterocycles. The molecule has 1 aliphatic rings. The number of anilines is 2. The Hall–Kier alpha value is -1.82. The van der Waals surface area contributed by atoms with Crippen LogP contribution in [0, 0.1) is 0 Å². The van der Waals surface area contributed by atoms with Gasteiger partial charge in [0.25, 0.3) is 5.91 Å². The van der Waals surface area contributed by atoms with Gasteiger partial charge in [0.2, 0.25) is 0 Å². The van der Waals surface area contributed by atoms with Crippen molar-refractivity contribution >= 4 is 34.6 Å². The fourth-order valence-electron chi connectivity index (χ4n) is 1.35. The lowest BCUT2D eigenvalue weighted by atomic mass is 10.2. The zero-order valence-electron chi connectivity index (χ0n) is 8.66. The fourth-order valence-corrected chi connectivity index (χ4v) is 1.46. The van der Waals surface area contributed by atoms with Gasteiger partial charge in [-0.2, -0.15) is 0 Å². The highest BCUT2D eigenvalue weighted by Gasteiger charge is 2.15. The quantitative estimate of drug-likeness (QED) is 0.634. The van der Waals surface area contributed by atoms with E-state index in [1.807, 2.05) is 6.07 Å². The number of nitrogens with one attached hydrogen (secondary N) is 3. The van der Waals surface area contributed by atoms with Crippen LogP contribution >= 0.6 is 12.2 Å². The van der Waals surface area contributed by atoms with Crippen molar-refractivity contribution in [3.8, 4) is 5.75 Å². The molecule has 84 valence electrons. The van der Waals surface area contributed by atoms with E-state index >= 15 is 0 Å². The molecule has 1 aliphatic heterocycles. The maximum atomic E-state index is 11.1. The Kier molecular flexibility index (Phi) is 2.91. The Morgan fingerprint density at radius 2 is 2.38 bits per heavy atom. The van der Waals surface area contributed by atoms with E-state index in [-0.39, 0.29) is 12.5 Å². The van der Waals surface area contributed by atoms with Gasteiger partial charge in [-0.3, -0.25) is 4.79 Å². The third kappa shape index (κ3) is 2.22. The summed E-state index contributed by atoms with van der Waals surface area (Å²) >= 11 is 4.98. The maximum Gasteiger partial charge on any atom is 0.262 e. The molecule has 1 aromatic rings. The maximum absolute atomic E-state index is 11.1. The minimum atomic E-state index is -0.140. The molecular formula is C10H11N3O2S. The van der Waals surface area contributed by atoms with E-state index in [0.717, 1.165) is 5.69 Å². The lowest BCUT2D eigenvalue weighted by Crippen LogP contribution is -2.26. The number of benzene rings is 1. The Morgan fingerprint density at radius 3 is 3.12 bits per heavy atom. The number of hydrogen-bond donors (Lipinski definition) is 3. The minimum Gasteiger partial charge on any atom is -0.482 e. The molecule has 0 saturated heterocycles. The van der Waals surface area contributed by atoms with Crippen LogP contribution in [-0.4, -0.2) is 24.7 Å². The standard InChI is InChI=1S/C10H11N3O2S/c1-11-10(16)12-6-2-3-7-8(4-6)15-5-9(14)13-7/h2-4H,5H2,1H3,(H,13,14)(H2,11,12,16). The van der Waals surface area contributed by atoms with Crippen molar-refractivity contribution < 1.29 is 9.53 Å². The van der Waals surface area contributed by atoms with Crippen LogP contribution in [0.5, 0.6) is 5.75 Å². The first-order chi connectivity index (χ1) is 7.69. The number of rotatable bonds is 1. The van der Waals surface area contributed by atoms with Crippen LogP contribution in [0.3, 0.4) is 0 Å². The van der Waals surface area contributed by atoms with Gasteiger partial charge in [-0.15, -0.1) is 0 Å². The molecule has 0 spiro atoms. The zero-order chi connectivity index (χ0) is 11.5. The summed E-state index contributed by atoms with van der Waals surface area (Å²) in [7, 11) is 1.74. The predicted octanol–water partition coefficient (Wildman–Crippen LogP) is 0.934. The lowest BCUT2D eigenvalue weighted by Gasteiger charge is -2.18. The van der Waals surface area contributed by atoms with Gasteiger partial charge >= 0.3 is 0 Å². The number of carbonyl (C=O) groups is 1. The molecule has 0 unspecified atom stereocenters. The summed E-state index contributed by atoms with van der Waals surface area (Å²) in [6.07, 6.45) is 0. The molecule has 6 heteroatoms. The Bertz CT molecular complexity index is 448. The Labute approximate surface area is 98.2 Å². The molecule has 2 rings (SSSR count). The van der Waals surface area contributed by atoms with Crippen LogP contribution in [-0.2, 0) is 4.79 Å². The second-order valence-electron chi connectivity index (χ2n) is 3.25. The van der Waals surface area contributed by atoms with E-state index in [2.05, 4.69) is 16.0 Å². The highest BCUT2D eigenvalue weighted by atomic mass is 32.1. The summed E-state index contributed by atoms with van der Waals surface area (Å²) in [6.45, 7) is 0.0485. The zero-order valence-corrected chi connectivity index (χ0v) is 9.48. The Morgan fingerprint density at radius 1 is 1.56 bits per heavy atom. The Balaban J connectivity index is 2.19. The highest BCUT2D eigenvalue weighted by molar-refractivity contribution is 7.80. The third-order valence-corrected chi connectivity index (χ3v) is 2.41. The van der Waals surface area contributed by atoms with Gasteiger partial charge in [0.15, 0.2) is 11.7 Å². The van der Waals surface area contributed by atoms with Crippen LogP contribution < -0.4 is 20.7 Å². The number of thiocarbonyl (C=S) groups is 1. The molecule has 0 bridgehead atoms. The average Bonchev–Trinajstić information content (AvgIpc) is 2.29. The molecule has 0 atom stereocenters. The number of amides is 1. The molecule has 1 heterocycles. The predicted molar refractivity (Wildman–Crippen MR) is 65.8 cm³/mol. The summed E-state index contributed by atoms with van der Waals surface area (Å²) in [5, 5.41) is 9.03. The average molecular weight is 237 g/mol. The first-order valence-corrected chi connectivity index (χ1v) is 5.15. The van der Waals surface area contributed by atoms with E-state index < -0.39 is 0 Å². The first kappa shape index (κ1) is 10.7. The van der Waals surface area contributed by atoms with E-state index in [1.165, 1.54) is 0 Å². The number of fused-ring (bicyclic) bond motifs is 1. The van der Waals surface area contributed by atoms with Gasteiger partial charge in [-0.1, -0.05) is 0 Å². The molecule has 0 saturated carbocycles. The van der Waals surface area contributed by atoms with Crippen molar-refractivity contribution in [1.29, 1.82) is 0 Å². The first-order valence-electron chi connectivity index (χ1n) is 4.74. The topological polar surface area (TPSA) is 62.4 Å². The summed E-state index contributed by atoms with van der Waals surface area (Å²) in [4.78, 5) is 11.1. The minimum absolute atomic E-state index is 0.0485. The summed E-state index contributed by atoms with van der Waals surface area (Å²) in [6, 6.07) is 5.38. The lowest BCUT2D eigenvalue weighted by molar-refractivity contribution is -0.118. The second-order valence-corrected chi connectivity index (χ2v) is 3.66. The molecule has 0 radical (unpaired) electrons. The van der Waals surface area contributed by atoms with Gasteiger partial charge < -0.3 is 20.7 Å². The van der Waals surface area contributed by atoms with Gasteiger partial charge in [-0.05, 0) is 24.4 Å². The largest absolute Gasteiger partial charge is 0.482 e. The molecule has 0 fully saturated rings. The van der Waals surface area contributed by atoms with Crippen LogP contribution in [0.1, 0.15) is 0 Å². The molecule has 16 heavy (non-hydrogen) atoms. The highest BCUT2D eigenvalue weighted by Crippen LogP contribution is 2.30. The van der Waals surface area contributed by atoms with E-state index in [0.29, 0.717) is 16.5 Å². The third-order valence-electron chi connectivity index (χ3n) is 2.10. The normalized spacial score (nSPS) is 13.2. The fraction of sp³-hybridized carbons (Fsp3) is 0.200. The SMILES string of the molecule is CNC(=S)Nc1ccc2c(c1)OCC(=O)N2. The smallest absolute Gasteiger partial charge is 0.262 e. The summed E-state index contributed by atoms with van der Waals surface area (Å²) < 4.78 is 5.28. The number of carbonyl (C=O) groups excluding carboxylic acids is 1. The van der Waals surface area contributed by atoms with Crippen LogP contribution in [0.4, 0.5) is 11.4 Å². The molecule has 0 aliphatic carbocycles. The van der Waals surface area contributed by atoms with Gasteiger partial charge in [-0.25, -0.2) is 0 Å². The van der Waals surface area contributed by atoms with Crippen molar-refractivity contribution in [1.82, 2.24) is 5.32 Å². The molecule has 1 amide bonds. The van der Waals surface area contributed by atoms with Gasteiger partial charge in [0.05, 0.1) is 5.69 Å². The van der Waals surface area contributed by atoms with Crippen molar-refractivity contribution in [2.45, 2.75) is 0 Å². The van der Waals surface area contributed by atoms with Crippen LogP contribution in [0.25, 0.3) is 0 Å². The molecule has 1 aromatic carbocycles. The second kappa shape index (κ2) is 4.36. The summed E-state index contributed by atoms with van der Waals surface area (Å²) in [5.74, 6) is 0.502. The summed E-state index contributed by atoms with van der Waals surface area (Å²) in [5.41, 5.74) is 1.49. The van der Waals surface area contributed by atoms with E-state index in [1.54, 1.807) is 19.2 Å². The van der Waals surface area contributed by atoms with E-state index in [4.69, 9.17) is 17.0 Å². The van der Waals surface area contributed by atoms with Crippen molar-refractivity contribution in [3.63, 3.8) is 0 Å². The van der Waals surface area contributed by atoms with E-state index in [9.17, 15) is 4.79 Å². The van der Waals surface area contributed by atoms with Crippen molar-refractivity contribution in [3.05, 3.63) is 18.2 Å². The van der Waals surface area contributed by atoms with Crippen molar-refractivity contribution in [2.75, 3.05) is 24.3 Å². The molecule has 3 N–H and O–H groups in total. The monoisotopic (exact) mass is 237 g/mol. The van der Waals surface area contributed by atoms with Gasteiger partial charge in [0, 0.05) is 18.8 Å².